The molecule has 112 valence electrons. The molecule has 0 spiro atoms. The van der Waals surface area contributed by atoms with Crippen molar-refractivity contribution >= 4 is 0 Å². The molecule has 2 nitrogen and oxygen atoms in total. The number of nitrogens with one attached hydrogen (secondary N) is 1. The Balaban J connectivity index is 1.49. The van der Waals surface area contributed by atoms with Gasteiger partial charge in [0.15, 0.2) is 0 Å². The molecule has 0 aromatic rings. The van der Waals surface area contributed by atoms with Crippen molar-refractivity contribution in [3.05, 3.63) is 12.2 Å². The van der Waals surface area contributed by atoms with Crippen LogP contribution in [0, 0.1) is 23.2 Å². The maximum atomic E-state index is 3.56. The SMILES string of the molecule is CCN1CCNCC1/C=C/C12CC3CC(CC(C3)C1)C2. The van der Waals surface area contributed by atoms with Crippen LogP contribution in [-0.2, 0) is 0 Å². The topological polar surface area (TPSA) is 15.3 Å². The fourth-order valence-corrected chi connectivity index (χ4v) is 6.05. The molecule has 1 atom stereocenters. The molecule has 1 aliphatic heterocycles. The Hall–Kier alpha value is -0.340. The van der Waals surface area contributed by atoms with Gasteiger partial charge in [-0.25, -0.2) is 0 Å². The monoisotopic (exact) mass is 274 g/mol. The summed E-state index contributed by atoms with van der Waals surface area (Å²) >= 11 is 0. The second-order valence-electron chi connectivity index (χ2n) is 8.04. The lowest BCUT2D eigenvalue weighted by atomic mass is 9.49. The van der Waals surface area contributed by atoms with Crippen molar-refractivity contribution in [2.24, 2.45) is 23.2 Å². The Bertz CT molecular complexity index is 352. The molecule has 1 N–H and O–H groups in total. The molecular weight excluding hydrogens is 244 g/mol. The Kier molecular flexibility index (Phi) is 3.42. The zero-order valence-electron chi connectivity index (χ0n) is 13.0. The molecule has 0 amide bonds. The molecule has 5 aliphatic rings. The third-order valence-electron chi connectivity index (χ3n) is 6.56. The van der Waals surface area contributed by atoms with E-state index in [2.05, 4.69) is 29.3 Å². The van der Waals surface area contributed by atoms with Crippen LogP contribution >= 0.6 is 0 Å². The summed E-state index contributed by atoms with van der Waals surface area (Å²) in [5, 5.41) is 3.56. The molecule has 0 radical (unpaired) electrons. The van der Waals surface area contributed by atoms with Crippen molar-refractivity contribution in [1.29, 1.82) is 0 Å². The van der Waals surface area contributed by atoms with Crippen LogP contribution in [0.15, 0.2) is 12.2 Å². The Labute approximate surface area is 124 Å². The van der Waals surface area contributed by atoms with Gasteiger partial charge in [-0.05, 0) is 68.2 Å². The first-order valence-electron chi connectivity index (χ1n) is 8.90. The van der Waals surface area contributed by atoms with Gasteiger partial charge in [-0.3, -0.25) is 4.90 Å². The second kappa shape index (κ2) is 5.14. The highest BCUT2D eigenvalue weighted by Crippen LogP contribution is 2.60. The van der Waals surface area contributed by atoms with Crippen molar-refractivity contribution in [2.45, 2.75) is 51.5 Å². The van der Waals surface area contributed by atoms with Gasteiger partial charge in [-0.2, -0.15) is 0 Å². The normalized spacial score (nSPS) is 48.2. The number of piperazine rings is 1. The van der Waals surface area contributed by atoms with Crippen LogP contribution < -0.4 is 5.32 Å². The zero-order valence-corrected chi connectivity index (χ0v) is 13.0. The number of likely N-dealkylation sites (N-methyl/N-ethyl adjacent to an activating group) is 1. The summed E-state index contributed by atoms with van der Waals surface area (Å²) in [5.41, 5.74) is 0.603. The average molecular weight is 274 g/mol. The van der Waals surface area contributed by atoms with E-state index in [9.17, 15) is 0 Å². The Morgan fingerprint density at radius 2 is 1.75 bits per heavy atom. The molecule has 4 aliphatic carbocycles. The molecule has 5 rings (SSSR count). The largest absolute Gasteiger partial charge is 0.314 e. The average Bonchev–Trinajstić information content (AvgIpc) is 2.44. The van der Waals surface area contributed by atoms with E-state index in [0.717, 1.165) is 30.8 Å². The van der Waals surface area contributed by atoms with E-state index >= 15 is 0 Å². The number of nitrogens with zero attached hydrogens (tertiary/aromatic N) is 1. The summed E-state index contributed by atoms with van der Waals surface area (Å²) < 4.78 is 0. The maximum Gasteiger partial charge on any atom is 0.0403 e. The van der Waals surface area contributed by atoms with Gasteiger partial charge in [0, 0.05) is 25.7 Å². The number of hydrogen-bond donors (Lipinski definition) is 1. The molecular formula is C18H30N2. The van der Waals surface area contributed by atoms with Gasteiger partial charge in [0.25, 0.3) is 0 Å². The lowest BCUT2D eigenvalue weighted by molar-refractivity contribution is -0.0241. The van der Waals surface area contributed by atoms with Crippen LogP contribution in [-0.4, -0.2) is 37.1 Å². The second-order valence-corrected chi connectivity index (χ2v) is 8.04. The molecule has 2 heteroatoms. The molecule has 1 saturated heterocycles. The van der Waals surface area contributed by atoms with Gasteiger partial charge >= 0.3 is 0 Å². The standard InChI is InChI=1S/C18H30N2/c1-2-20-6-5-19-13-17(20)3-4-18-10-14-7-15(11-18)9-16(8-14)12-18/h3-4,14-17,19H,2,5-13H2,1H3/b4-3+. The summed E-state index contributed by atoms with van der Waals surface area (Å²) in [7, 11) is 0. The quantitative estimate of drug-likeness (QED) is 0.796. The van der Waals surface area contributed by atoms with E-state index in [1.54, 1.807) is 19.3 Å². The Morgan fingerprint density at radius 1 is 1.10 bits per heavy atom. The van der Waals surface area contributed by atoms with Crippen molar-refractivity contribution in [3.8, 4) is 0 Å². The van der Waals surface area contributed by atoms with E-state index in [0.29, 0.717) is 11.5 Å². The molecule has 4 saturated carbocycles. The molecule has 4 bridgehead atoms. The highest BCUT2D eigenvalue weighted by Gasteiger charge is 2.49. The summed E-state index contributed by atoms with van der Waals surface area (Å²) in [6.07, 6.45) is 14.4. The predicted octanol–water partition coefficient (Wildman–Crippen LogP) is 3.05. The van der Waals surface area contributed by atoms with Crippen LogP contribution in [0.5, 0.6) is 0 Å². The third-order valence-corrected chi connectivity index (χ3v) is 6.56. The lowest BCUT2D eigenvalue weighted by Gasteiger charge is -2.56. The summed E-state index contributed by atoms with van der Waals surface area (Å²) in [4.78, 5) is 2.63. The van der Waals surface area contributed by atoms with E-state index < -0.39 is 0 Å². The van der Waals surface area contributed by atoms with Crippen LogP contribution in [0.25, 0.3) is 0 Å². The van der Waals surface area contributed by atoms with Gasteiger partial charge in [0.1, 0.15) is 0 Å². The molecule has 1 heterocycles. The van der Waals surface area contributed by atoms with Crippen LogP contribution in [0.1, 0.15) is 45.4 Å². The smallest absolute Gasteiger partial charge is 0.0403 e. The van der Waals surface area contributed by atoms with E-state index in [1.807, 2.05) is 0 Å². The molecule has 0 aromatic carbocycles. The van der Waals surface area contributed by atoms with Crippen molar-refractivity contribution in [2.75, 3.05) is 26.2 Å². The van der Waals surface area contributed by atoms with Crippen LogP contribution in [0.4, 0.5) is 0 Å². The van der Waals surface area contributed by atoms with E-state index in [-0.39, 0.29) is 0 Å². The third kappa shape index (κ3) is 2.35. The van der Waals surface area contributed by atoms with Gasteiger partial charge in [0.05, 0.1) is 0 Å². The van der Waals surface area contributed by atoms with Gasteiger partial charge in [-0.1, -0.05) is 19.1 Å². The first kappa shape index (κ1) is 13.3. The minimum atomic E-state index is 0.603. The fourth-order valence-electron chi connectivity index (χ4n) is 6.05. The van der Waals surface area contributed by atoms with Crippen molar-refractivity contribution in [3.63, 3.8) is 0 Å². The number of rotatable bonds is 3. The van der Waals surface area contributed by atoms with Crippen molar-refractivity contribution < 1.29 is 0 Å². The first-order chi connectivity index (χ1) is 9.76. The number of hydrogen-bond acceptors (Lipinski definition) is 2. The molecule has 1 unspecified atom stereocenters. The highest BCUT2D eigenvalue weighted by molar-refractivity contribution is 5.13. The van der Waals surface area contributed by atoms with E-state index in [4.69, 9.17) is 0 Å². The van der Waals surface area contributed by atoms with Crippen LogP contribution in [0.3, 0.4) is 0 Å². The Morgan fingerprint density at radius 3 is 2.35 bits per heavy atom. The van der Waals surface area contributed by atoms with Crippen LogP contribution in [0.2, 0.25) is 0 Å². The summed E-state index contributed by atoms with van der Waals surface area (Å²) in [6, 6.07) is 0.641. The molecule has 20 heavy (non-hydrogen) atoms. The van der Waals surface area contributed by atoms with Gasteiger partial charge < -0.3 is 5.32 Å². The lowest BCUT2D eigenvalue weighted by Crippen LogP contribution is -2.50. The van der Waals surface area contributed by atoms with Gasteiger partial charge in [0.2, 0.25) is 0 Å². The van der Waals surface area contributed by atoms with E-state index in [1.165, 1.54) is 32.4 Å². The molecule has 5 fully saturated rings. The predicted molar refractivity (Wildman–Crippen MR) is 83.6 cm³/mol. The van der Waals surface area contributed by atoms with Crippen molar-refractivity contribution in [1.82, 2.24) is 10.2 Å². The zero-order chi connectivity index (χ0) is 13.6. The molecule has 0 aromatic heterocycles. The number of allylic oxidation sites excluding steroid dienone is 1. The minimum Gasteiger partial charge on any atom is -0.314 e. The maximum absolute atomic E-state index is 3.56. The minimum absolute atomic E-state index is 0.603. The van der Waals surface area contributed by atoms with Gasteiger partial charge in [-0.15, -0.1) is 0 Å². The summed E-state index contributed by atoms with van der Waals surface area (Å²) in [5.74, 6) is 3.20. The fraction of sp³-hybridized carbons (Fsp3) is 0.889. The first-order valence-corrected chi connectivity index (χ1v) is 8.90. The highest BCUT2D eigenvalue weighted by atomic mass is 15.2. The summed E-state index contributed by atoms with van der Waals surface area (Å²) in [6.45, 7) is 7.02.